The molecule has 9 nitrogen and oxygen atoms in total. The van der Waals surface area contributed by atoms with Gasteiger partial charge in [-0.2, -0.15) is 13.2 Å². The Labute approximate surface area is 243 Å². The van der Waals surface area contributed by atoms with Crippen molar-refractivity contribution in [2.24, 2.45) is 0 Å². The van der Waals surface area contributed by atoms with Gasteiger partial charge in [0.15, 0.2) is 0 Å². The monoisotopic (exact) mass is 606 g/mol. The molecule has 0 bridgehead atoms. The zero-order chi connectivity index (χ0) is 30.9. The smallest absolute Gasteiger partial charge is 0.475 e. The Morgan fingerprint density at radius 2 is 1.60 bits per heavy atom. The van der Waals surface area contributed by atoms with Crippen molar-refractivity contribution in [3.8, 4) is 0 Å². The van der Waals surface area contributed by atoms with Gasteiger partial charge in [-0.3, -0.25) is 9.52 Å². The van der Waals surface area contributed by atoms with Gasteiger partial charge in [0, 0.05) is 44.8 Å². The number of alkyl halides is 3. The highest BCUT2D eigenvalue weighted by molar-refractivity contribution is 7.92. The molecule has 42 heavy (non-hydrogen) atoms. The van der Waals surface area contributed by atoms with E-state index in [1.54, 1.807) is 41.3 Å². The molecular weight excluding hydrogens is 573 g/mol. The summed E-state index contributed by atoms with van der Waals surface area (Å²) < 4.78 is 60.9. The third kappa shape index (κ3) is 8.95. The summed E-state index contributed by atoms with van der Waals surface area (Å²) in [6.07, 6.45) is -5.08. The minimum atomic E-state index is -5.08. The average molecular weight is 607 g/mol. The molecule has 0 atom stereocenters. The van der Waals surface area contributed by atoms with Gasteiger partial charge in [-0.05, 0) is 49.7 Å². The standard InChI is InChI=1S/C27H32N4O3S.C2HF3O2/c1-3-30(20-22-7-5-4-6-8-22)27(32)23-11-14-26(31-17-15-28-16-18-31)25(19-23)29-35(33,34)24-12-9-21(2)10-13-24;3-2(4,5)1(6)7/h4-14,19,28-29H,3,15-18,20H2,1-2H3;(H,6,7). The number of hydrogen-bond acceptors (Lipinski definition) is 6. The van der Waals surface area contributed by atoms with Gasteiger partial charge < -0.3 is 20.2 Å². The number of aryl methyl sites for hydroxylation is 1. The summed E-state index contributed by atoms with van der Waals surface area (Å²) in [7, 11) is -3.83. The van der Waals surface area contributed by atoms with Crippen molar-refractivity contribution in [2.45, 2.75) is 31.5 Å². The highest BCUT2D eigenvalue weighted by atomic mass is 32.2. The first-order chi connectivity index (χ1) is 19.8. The second kappa shape index (κ2) is 14.2. The number of hydrogen-bond donors (Lipinski definition) is 3. The second-order valence-corrected chi connectivity index (χ2v) is 11.2. The molecule has 0 unspecified atom stereocenters. The number of halogens is 3. The van der Waals surface area contributed by atoms with Crippen molar-refractivity contribution in [2.75, 3.05) is 42.3 Å². The van der Waals surface area contributed by atoms with Gasteiger partial charge in [-0.1, -0.05) is 48.0 Å². The lowest BCUT2D eigenvalue weighted by molar-refractivity contribution is -0.192. The lowest BCUT2D eigenvalue weighted by Gasteiger charge is -2.31. The van der Waals surface area contributed by atoms with E-state index in [2.05, 4.69) is 14.9 Å². The Bertz CT molecular complexity index is 1460. The maximum atomic E-state index is 13.4. The minimum Gasteiger partial charge on any atom is -0.475 e. The lowest BCUT2D eigenvalue weighted by Crippen LogP contribution is -2.43. The first-order valence-electron chi connectivity index (χ1n) is 13.1. The van der Waals surface area contributed by atoms with E-state index in [9.17, 15) is 26.4 Å². The van der Waals surface area contributed by atoms with Crippen LogP contribution < -0.4 is 14.9 Å². The van der Waals surface area contributed by atoms with Crippen LogP contribution in [0.4, 0.5) is 24.5 Å². The summed E-state index contributed by atoms with van der Waals surface area (Å²) in [5, 5.41) is 10.4. The maximum absolute atomic E-state index is 13.4. The van der Waals surface area contributed by atoms with Gasteiger partial charge >= 0.3 is 12.1 Å². The normalized spacial score (nSPS) is 13.5. The summed E-state index contributed by atoms with van der Waals surface area (Å²) in [5.74, 6) is -2.90. The average Bonchev–Trinajstić information content (AvgIpc) is 2.96. The van der Waals surface area contributed by atoms with Crippen molar-refractivity contribution >= 4 is 33.3 Å². The predicted octanol–water partition coefficient (Wildman–Crippen LogP) is 4.50. The van der Waals surface area contributed by atoms with Gasteiger partial charge in [0.25, 0.3) is 15.9 Å². The van der Waals surface area contributed by atoms with E-state index < -0.39 is 22.2 Å². The topological polar surface area (TPSA) is 119 Å². The number of aliphatic carboxylic acids is 1. The van der Waals surface area contributed by atoms with E-state index in [0.29, 0.717) is 24.3 Å². The van der Waals surface area contributed by atoms with Crippen molar-refractivity contribution in [3.05, 3.63) is 89.5 Å². The van der Waals surface area contributed by atoms with Crippen LogP contribution in [0.2, 0.25) is 0 Å². The van der Waals surface area contributed by atoms with Crippen molar-refractivity contribution in [1.82, 2.24) is 10.2 Å². The molecule has 4 rings (SSSR count). The van der Waals surface area contributed by atoms with Crippen LogP contribution in [-0.4, -0.2) is 69.2 Å². The van der Waals surface area contributed by atoms with Gasteiger partial charge in [0.2, 0.25) is 0 Å². The molecule has 13 heteroatoms. The molecule has 3 aromatic carbocycles. The van der Waals surface area contributed by atoms with Gasteiger partial charge in [0.05, 0.1) is 16.3 Å². The van der Waals surface area contributed by atoms with Gasteiger partial charge in [0.1, 0.15) is 0 Å². The summed E-state index contributed by atoms with van der Waals surface area (Å²) >= 11 is 0. The Balaban J connectivity index is 0.000000616. The number of nitrogens with zero attached hydrogens (tertiary/aromatic N) is 2. The molecule has 1 heterocycles. The van der Waals surface area contributed by atoms with Crippen LogP contribution >= 0.6 is 0 Å². The fraction of sp³-hybridized carbons (Fsp3) is 0.310. The molecule has 1 amide bonds. The number of sulfonamides is 1. The Morgan fingerprint density at radius 1 is 1.00 bits per heavy atom. The second-order valence-electron chi connectivity index (χ2n) is 9.50. The van der Waals surface area contributed by atoms with Crippen LogP contribution in [0.3, 0.4) is 0 Å². The van der Waals surface area contributed by atoms with Crippen molar-refractivity contribution < 1.29 is 36.3 Å². The van der Waals surface area contributed by atoms with Crippen LogP contribution in [0, 0.1) is 6.92 Å². The molecule has 1 aliphatic rings. The molecule has 226 valence electrons. The SMILES string of the molecule is CCN(Cc1ccccc1)C(=O)c1ccc(N2CCNCC2)c(NS(=O)(=O)c2ccc(C)cc2)c1.O=C(O)C(F)(F)F. The molecule has 0 aliphatic carbocycles. The van der Waals surface area contributed by atoms with Crippen LogP contribution in [0.15, 0.2) is 77.7 Å². The van der Waals surface area contributed by atoms with Gasteiger partial charge in [-0.15, -0.1) is 0 Å². The van der Waals surface area contributed by atoms with E-state index in [1.165, 1.54) is 0 Å². The molecule has 0 saturated carbocycles. The zero-order valence-electron chi connectivity index (χ0n) is 23.2. The highest BCUT2D eigenvalue weighted by Gasteiger charge is 2.38. The molecule has 1 aliphatic heterocycles. The summed E-state index contributed by atoms with van der Waals surface area (Å²) in [5.41, 5.74) is 3.65. The van der Waals surface area contributed by atoms with Gasteiger partial charge in [-0.25, -0.2) is 13.2 Å². The van der Waals surface area contributed by atoms with E-state index in [1.807, 2.05) is 50.2 Å². The molecule has 0 radical (unpaired) electrons. The first-order valence-corrected chi connectivity index (χ1v) is 14.6. The van der Waals surface area contributed by atoms with Crippen molar-refractivity contribution in [1.29, 1.82) is 0 Å². The maximum Gasteiger partial charge on any atom is 0.490 e. The predicted molar refractivity (Wildman–Crippen MR) is 154 cm³/mol. The number of carboxylic acids is 1. The molecule has 1 saturated heterocycles. The van der Waals surface area contributed by atoms with Crippen molar-refractivity contribution in [3.63, 3.8) is 0 Å². The number of benzene rings is 3. The van der Waals surface area contributed by atoms with Crippen LogP contribution in [0.5, 0.6) is 0 Å². The molecule has 3 aromatic rings. The zero-order valence-corrected chi connectivity index (χ0v) is 24.0. The summed E-state index contributed by atoms with van der Waals surface area (Å²) in [6, 6.07) is 21.9. The summed E-state index contributed by atoms with van der Waals surface area (Å²) in [6.45, 7) is 8.01. The fourth-order valence-electron chi connectivity index (χ4n) is 4.17. The van der Waals surface area contributed by atoms with Crippen LogP contribution in [0.25, 0.3) is 0 Å². The number of amides is 1. The minimum absolute atomic E-state index is 0.140. The summed E-state index contributed by atoms with van der Waals surface area (Å²) in [4.78, 5) is 26.4. The Kier molecular flexibility index (Phi) is 10.9. The Hall–Kier alpha value is -4.10. The largest absolute Gasteiger partial charge is 0.490 e. The van der Waals surface area contributed by atoms with E-state index in [-0.39, 0.29) is 10.8 Å². The third-order valence-corrected chi connectivity index (χ3v) is 7.79. The lowest BCUT2D eigenvalue weighted by atomic mass is 10.1. The quantitative estimate of drug-likeness (QED) is 0.346. The first kappa shape index (κ1) is 32.4. The molecule has 0 spiro atoms. The van der Waals surface area contributed by atoms with Crippen LogP contribution in [0.1, 0.15) is 28.4 Å². The number of rotatable bonds is 8. The number of carbonyl (C=O) groups is 2. The van der Waals surface area contributed by atoms with Crippen LogP contribution in [-0.2, 0) is 21.4 Å². The van der Waals surface area contributed by atoms with E-state index in [0.717, 1.165) is 43.0 Å². The number of piperazine rings is 1. The van der Waals surface area contributed by atoms with E-state index in [4.69, 9.17) is 9.90 Å². The number of nitrogens with one attached hydrogen (secondary N) is 2. The molecule has 1 fully saturated rings. The number of carbonyl (C=O) groups excluding carboxylic acids is 1. The molecule has 3 N–H and O–H groups in total. The molecular formula is C29H33F3N4O5S. The number of anilines is 2. The molecule has 0 aromatic heterocycles. The Morgan fingerprint density at radius 3 is 2.14 bits per heavy atom. The highest BCUT2D eigenvalue weighted by Crippen LogP contribution is 2.31. The van der Waals surface area contributed by atoms with E-state index >= 15 is 0 Å². The number of carboxylic acid groups (broad SMARTS) is 1. The fourth-order valence-corrected chi connectivity index (χ4v) is 5.23. The third-order valence-electron chi connectivity index (χ3n) is 6.40.